The Kier molecular flexibility index (Phi) is 8.53. The number of carboxylic acid groups (broad SMARTS) is 1. The van der Waals surface area contributed by atoms with Crippen molar-refractivity contribution in [3.8, 4) is 0 Å². The lowest BCUT2D eigenvalue weighted by Crippen LogP contribution is -2.42. The Morgan fingerprint density at radius 1 is 1.30 bits per heavy atom. The van der Waals surface area contributed by atoms with Crippen molar-refractivity contribution in [1.29, 1.82) is 0 Å². The average molecular weight is 421 g/mol. The summed E-state index contributed by atoms with van der Waals surface area (Å²) in [6, 6.07) is 0. The second-order valence-electron chi connectivity index (χ2n) is 8.55. The number of fused-ring (bicyclic) bond motifs is 1. The second kappa shape index (κ2) is 10.7. The molecule has 6 atom stereocenters. The van der Waals surface area contributed by atoms with Crippen LogP contribution in [0.4, 0.5) is 0 Å². The Bertz CT molecular complexity index is 736. The third-order valence-corrected chi connectivity index (χ3v) is 6.17. The van der Waals surface area contributed by atoms with E-state index in [1.165, 1.54) is 0 Å². The van der Waals surface area contributed by atoms with Gasteiger partial charge in [0.25, 0.3) is 0 Å². The highest BCUT2D eigenvalue weighted by atomic mass is 16.5. The maximum atomic E-state index is 12.4. The number of carboxylic acids is 1. The molecule has 0 heterocycles. The maximum absolute atomic E-state index is 12.4. The molecule has 0 saturated heterocycles. The fourth-order valence-corrected chi connectivity index (χ4v) is 4.28. The molecule has 0 fully saturated rings. The van der Waals surface area contributed by atoms with Gasteiger partial charge in [-0.2, -0.15) is 0 Å². The molecule has 2 rings (SSSR count). The molecule has 0 bridgehead atoms. The van der Waals surface area contributed by atoms with Gasteiger partial charge in [-0.05, 0) is 42.7 Å². The van der Waals surface area contributed by atoms with Gasteiger partial charge < -0.3 is 14.9 Å². The SMILES string of the molecule is CC[C@H](C)C(=O)O[C@H]1CC(=O)C=C2C=C[C@H](C)[C@H](CC[C@@H](O)CC(=O)CC(=O)O)[C@H]21. The fourth-order valence-electron chi connectivity index (χ4n) is 4.28. The molecule has 7 nitrogen and oxygen atoms in total. The van der Waals surface area contributed by atoms with E-state index in [0.717, 1.165) is 5.57 Å². The molecule has 0 radical (unpaired) electrons. The first-order valence-electron chi connectivity index (χ1n) is 10.7. The zero-order chi connectivity index (χ0) is 22.4. The van der Waals surface area contributed by atoms with Crippen molar-refractivity contribution in [3.05, 3.63) is 23.8 Å². The van der Waals surface area contributed by atoms with Gasteiger partial charge in [-0.25, -0.2) is 0 Å². The highest BCUT2D eigenvalue weighted by molar-refractivity contribution is 5.95. The number of carbonyl (C=O) groups is 4. The van der Waals surface area contributed by atoms with Crippen molar-refractivity contribution in [2.75, 3.05) is 0 Å². The fraction of sp³-hybridized carbons (Fsp3) is 0.652. The molecule has 0 unspecified atom stereocenters. The topological polar surface area (TPSA) is 118 Å². The van der Waals surface area contributed by atoms with Crippen LogP contribution >= 0.6 is 0 Å². The minimum Gasteiger partial charge on any atom is -0.481 e. The quantitative estimate of drug-likeness (QED) is 0.412. The molecule has 0 aliphatic heterocycles. The number of aliphatic carboxylic acids is 1. The predicted octanol–water partition coefficient (Wildman–Crippen LogP) is 2.86. The molecule has 0 spiro atoms. The summed E-state index contributed by atoms with van der Waals surface area (Å²) in [7, 11) is 0. The highest BCUT2D eigenvalue weighted by Crippen LogP contribution is 2.43. The van der Waals surface area contributed by atoms with Gasteiger partial charge in [0.1, 0.15) is 18.3 Å². The molecule has 0 aromatic carbocycles. The normalized spacial score (nSPS) is 27.6. The molecule has 0 amide bonds. The van der Waals surface area contributed by atoms with Crippen molar-refractivity contribution in [2.24, 2.45) is 23.7 Å². The smallest absolute Gasteiger partial charge is 0.310 e. The average Bonchev–Trinajstić information content (AvgIpc) is 2.65. The van der Waals surface area contributed by atoms with E-state index in [9.17, 15) is 24.3 Å². The van der Waals surface area contributed by atoms with Crippen LogP contribution in [0.15, 0.2) is 23.8 Å². The van der Waals surface area contributed by atoms with Crippen molar-refractivity contribution < 1.29 is 34.1 Å². The van der Waals surface area contributed by atoms with Gasteiger partial charge in [0.2, 0.25) is 0 Å². The van der Waals surface area contributed by atoms with E-state index >= 15 is 0 Å². The molecule has 2 aliphatic rings. The summed E-state index contributed by atoms with van der Waals surface area (Å²) >= 11 is 0. The van der Waals surface area contributed by atoms with Crippen molar-refractivity contribution in [1.82, 2.24) is 0 Å². The lowest BCUT2D eigenvalue weighted by Gasteiger charge is -2.41. The van der Waals surface area contributed by atoms with Gasteiger partial charge in [-0.1, -0.05) is 32.9 Å². The van der Waals surface area contributed by atoms with Gasteiger partial charge in [0.15, 0.2) is 5.78 Å². The predicted molar refractivity (Wildman–Crippen MR) is 109 cm³/mol. The number of ketones is 2. The minimum atomic E-state index is -1.20. The Balaban J connectivity index is 2.11. The Labute approximate surface area is 177 Å². The summed E-state index contributed by atoms with van der Waals surface area (Å²) in [4.78, 5) is 46.9. The molecular weight excluding hydrogens is 388 g/mol. The zero-order valence-corrected chi connectivity index (χ0v) is 17.9. The van der Waals surface area contributed by atoms with E-state index in [1.54, 1.807) is 13.0 Å². The number of aliphatic hydroxyl groups is 1. The number of hydrogen-bond acceptors (Lipinski definition) is 6. The van der Waals surface area contributed by atoms with E-state index in [0.29, 0.717) is 19.3 Å². The summed E-state index contributed by atoms with van der Waals surface area (Å²) in [6.45, 7) is 5.75. The van der Waals surface area contributed by atoms with Crippen LogP contribution in [0.5, 0.6) is 0 Å². The largest absolute Gasteiger partial charge is 0.481 e. The molecule has 0 aromatic rings. The Hall–Kier alpha value is -2.28. The molecule has 166 valence electrons. The second-order valence-corrected chi connectivity index (χ2v) is 8.55. The number of allylic oxidation sites excluding steroid dienone is 3. The molecule has 2 N–H and O–H groups in total. The third kappa shape index (κ3) is 6.36. The van der Waals surface area contributed by atoms with E-state index in [4.69, 9.17) is 9.84 Å². The summed E-state index contributed by atoms with van der Waals surface area (Å²) in [5.74, 6) is -2.29. The van der Waals surface area contributed by atoms with Crippen LogP contribution in [-0.4, -0.2) is 45.9 Å². The van der Waals surface area contributed by atoms with Gasteiger partial charge in [-0.3, -0.25) is 19.2 Å². The summed E-state index contributed by atoms with van der Waals surface area (Å²) in [5.41, 5.74) is 0.841. The summed E-state index contributed by atoms with van der Waals surface area (Å²) < 4.78 is 5.76. The third-order valence-electron chi connectivity index (χ3n) is 6.17. The maximum Gasteiger partial charge on any atom is 0.310 e. The Morgan fingerprint density at radius 2 is 2.00 bits per heavy atom. The number of hydrogen-bond donors (Lipinski definition) is 2. The van der Waals surface area contributed by atoms with E-state index in [-0.39, 0.29) is 48.3 Å². The van der Waals surface area contributed by atoms with E-state index < -0.39 is 30.4 Å². The molecule has 0 saturated carbocycles. The van der Waals surface area contributed by atoms with Crippen LogP contribution < -0.4 is 0 Å². The molecule has 0 aromatic heterocycles. The van der Waals surface area contributed by atoms with E-state index in [2.05, 4.69) is 0 Å². The van der Waals surface area contributed by atoms with Crippen LogP contribution in [0.3, 0.4) is 0 Å². The monoisotopic (exact) mass is 420 g/mol. The standard InChI is InChI=1S/C23H32O7/c1-4-13(2)23(29)30-20-11-17(25)9-15-6-5-14(3)19(22(15)20)8-7-16(24)10-18(26)12-21(27)28/h5-6,9,13-14,16,19-20,22,24H,4,7-8,10-12H2,1-3H3,(H,27,28)/t13-,14-,16+,19-,20-,22-/m0/s1. The molecule has 7 heteroatoms. The van der Waals surface area contributed by atoms with E-state index in [1.807, 2.05) is 26.0 Å². The minimum absolute atomic E-state index is 0.0355. The lowest BCUT2D eigenvalue weighted by molar-refractivity contribution is -0.158. The first-order chi connectivity index (χ1) is 14.1. The van der Waals surface area contributed by atoms with Gasteiger partial charge in [0.05, 0.1) is 12.0 Å². The van der Waals surface area contributed by atoms with Crippen molar-refractivity contribution in [3.63, 3.8) is 0 Å². The van der Waals surface area contributed by atoms with Crippen LogP contribution in [0.25, 0.3) is 0 Å². The first-order valence-corrected chi connectivity index (χ1v) is 10.7. The highest BCUT2D eigenvalue weighted by Gasteiger charge is 2.42. The number of ether oxygens (including phenoxy) is 1. The van der Waals surface area contributed by atoms with Crippen LogP contribution in [0, 0.1) is 23.7 Å². The lowest BCUT2D eigenvalue weighted by atomic mass is 9.66. The number of aliphatic hydroxyl groups excluding tert-OH is 1. The summed E-state index contributed by atoms with van der Waals surface area (Å²) in [5, 5.41) is 18.9. The Morgan fingerprint density at radius 3 is 2.63 bits per heavy atom. The van der Waals surface area contributed by atoms with Crippen molar-refractivity contribution >= 4 is 23.5 Å². The van der Waals surface area contributed by atoms with Crippen LogP contribution in [-0.2, 0) is 23.9 Å². The number of Topliss-reactive ketones (excluding diaryl/α,β-unsaturated/α-hetero) is 1. The van der Waals surface area contributed by atoms with Gasteiger partial charge in [0, 0.05) is 18.8 Å². The number of esters is 1. The van der Waals surface area contributed by atoms with Gasteiger partial charge in [-0.15, -0.1) is 0 Å². The molecule has 2 aliphatic carbocycles. The first kappa shape index (κ1) is 24.0. The van der Waals surface area contributed by atoms with Crippen LogP contribution in [0.1, 0.15) is 59.3 Å². The van der Waals surface area contributed by atoms with Crippen LogP contribution in [0.2, 0.25) is 0 Å². The number of rotatable bonds is 10. The zero-order valence-electron chi connectivity index (χ0n) is 17.9. The molecular formula is C23H32O7. The van der Waals surface area contributed by atoms with Crippen molar-refractivity contribution in [2.45, 2.75) is 71.5 Å². The summed E-state index contributed by atoms with van der Waals surface area (Å²) in [6.07, 6.45) is 5.00. The van der Waals surface area contributed by atoms with Gasteiger partial charge >= 0.3 is 11.9 Å². The molecule has 30 heavy (non-hydrogen) atoms. The number of carbonyl (C=O) groups excluding carboxylic acids is 3.